The fourth-order valence-corrected chi connectivity index (χ4v) is 1.60. The van der Waals surface area contributed by atoms with Gasteiger partial charge in [-0.2, -0.15) is 0 Å². The van der Waals surface area contributed by atoms with Crippen molar-refractivity contribution in [2.75, 3.05) is 0 Å². The van der Waals surface area contributed by atoms with Crippen LogP contribution in [0.15, 0.2) is 42.5 Å². The quantitative estimate of drug-likeness (QED) is 0.752. The summed E-state index contributed by atoms with van der Waals surface area (Å²) in [5, 5.41) is 0. The highest BCUT2D eigenvalue weighted by molar-refractivity contribution is 5.33. The molecule has 2 rings (SSSR count). The van der Waals surface area contributed by atoms with Gasteiger partial charge in [-0.05, 0) is 48.7 Å². The number of aryl methyl sites for hydroxylation is 1. The van der Waals surface area contributed by atoms with Crippen LogP contribution in [0.3, 0.4) is 0 Å². The Kier molecular flexibility index (Phi) is 3.25. The summed E-state index contributed by atoms with van der Waals surface area (Å²) < 4.78 is 5.71. The third-order valence-corrected chi connectivity index (χ3v) is 2.80. The summed E-state index contributed by atoms with van der Waals surface area (Å²) in [6.45, 7) is 4.88. The molecule has 1 nitrogen and oxygen atoms in total. The lowest BCUT2D eigenvalue weighted by Crippen LogP contribution is -1.98. The van der Waals surface area contributed by atoms with Crippen LogP contribution in [-0.4, -0.2) is 0 Å². The predicted molar refractivity (Wildman–Crippen MR) is 65.5 cm³/mol. The van der Waals surface area contributed by atoms with Gasteiger partial charge in [0.15, 0.2) is 0 Å². The molecule has 2 aromatic carbocycles. The second kappa shape index (κ2) is 4.84. The Balaban J connectivity index is 2.08. The Morgan fingerprint density at radius 1 is 1.06 bits per heavy atom. The van der Waals surface area contributed by atoms with E-state index < -0.39 is 0 Å². The van der Waals surface area contributed by atoms with Crippen LogP contribution in [0.5, 0.6) is 5.75 Å². The van der Waals surface area contributed by atoms with Crippen molar-refractivity contribution in [1.82, 2.24) is 0 Å². The maximum Gasteiger partial charge on any atom is 0.119 e. The van der Waals surface area contributed by atoms with E-state index in [4.69, 9.17) is 4.74 Å². The molecular formula is C15H15O. The number of benzene rings is 2. The molecule has 0 amide bonds. The highest BCUT2D eigenvalue weighted by Gasteiger charge is 2.01. The third-order valence-electron chi connectivity index (χ3n) is 2.80. The summed E-state index contributed by atoms with van der Waals surface area (Å²) >= 11 is 0. The van der Waals surface area contributed by atoms with Crippen LogP contribution in [0.2, 0.25) is 0 Å². The van der Waals surface area contributed by atoms with Crippen molar-refractivity contribution in [1.29, 1.82) is 0 Å². The zero-order valence-corrected chi connectivity index (χ0v) is 9.66. The van der Waals surface area contributed by atoms with E-state index in [0.29, 0.717) is 6.61 Å². The van der Waals surface area contributed by atoms with Crippen LogP contribution < -0.4 is 4.74 Å². The molecule has 0 aromatic heterocycles. The van der Waals surface area contributed by atoms with Gasteiger partial charge in [0, 0.05) is 0 Å². The molecule has 0 aliphatic heterocycles. The minimum Gasteiger partial charge on any atom is -0.489 e. The fourth-order valence-electron chi connectivity index (χ4n) is 1.60. The summed E-state index contributed by atoms with van der Waals surface area (Å²) in [7, 11) is 0. The zero-order valence-electron chi connectivity index (χ0n) is 9.66. The monoisotopic (exact) mass is 211 g/mol. The summed E-state index contributed by atoms with van der Waals surface area (Å²) in [5.74, 6) is 0.889. The molecular weight excluding hydrogens is 196 g/mol. The average molecular weight is 211 g/mol. The Bertz CT molecular complexity index is 460. The molecule has 16 heavy (non-hydrogen) atoms. The maximum absolute atomic E-state index is 5.71. The number of rotatable bonds is 3. The standard InChI is InChI=1S/C15H15O/c1-12-7-6-8-14(13(12)2)11-16-15-9-4-3-5-10-15/h4-10H,11H2,1-2H3. The van der Waals surface area contributed by atoms with Crippen LogP contribution in [-0.2, 0) is 6.61 Å². The number of ether oxygens (including phenoxy) is 1. The fraction of sp³-hybridized carbons (Fsp3) is 0.200. The molecule has 0 aliphatic rings. The van der Waals surface area contributed by atoms with E-state index in [-0.39, 0.29) is 0 Å². The topological polar surface area (TPSA) is 9.23 Å². The van der Waals surface area contributed by atoms with Crippen molar-refractivity contribution >= 4 is 0 Å². The molecule has 81 valence electrons. The van der Waals surface area contributed by atoms with Crippen molar-refractivity contribution in [2.45, 2.75) is 20.5 Å². The van der Waals surface area contributed by atoms with Crippen molar-refractivity contribution in [3.63, 3.8) is 0 Å². The molecule has 2 aromatic rings. The lowest BCUT2D eigenvalue weighted by molar-refractivity contribution is 0.305. The molecule has 1 heteroatoms. The van der Waals surface area contributed by atoms with Crippen LogP contribution in [0.25, 0.3) is 0 Å². The molecule has 0 unspecified atom stereocenters. The third kappa shape index (κ3) is 2.43. The van der Waals surface area contributed by atoms with Gasteiger partial charge in [-0.3, -0.25) is 0 Å². The highest BCUT2D eigenvalue weighted by Crippen LogP contribution is 2.16. The van der Waals surface area contributed by atoms with E-state index in [1.54, 1.807) is 0 Å². The Labute approximate surface area is 96.7 Å². The van der Waals surface area contributed by atoms with Gasteiger partial charge in [0.25, 0.3) is 0 Å². The molecule has 0 spiro atoms. The van der Waals surface area contributed by atoms with Crippen LogP contribution >= 0.6 is 0 Å². The maximum atomic E-state index is 5.71. The van der Waals surface area contributed by atoms with Crippen molar-refractivity contribution < 1.29 is 4.74 Å². The minimum absolute atomic E-state index is 0.623. The van der Waals surface area contributed by atoms with Gasteiger partial charge in [-0.25, -0.2) is 0 Å². The SMILES string of the molecule is Cc1cccc(COc2cc[c]cc2)c1C. The summed E-state index contributed by atoms with van der Waals surface area (Å²) in [6, 6.07) is 16.8. The minimum atomic E-state index is 0.623. The largest absolute Gasteiger partial charge is 0.489 e. The van der Waals surface area contributed by atoms with E-state index in [9.17, 15) is 0 Å². The van der Waals surface area contributed by atoms with Crippen molar-refractivity contribution in [3.05, 3.63) is 65.2 Å². The van der Waals surface area contributed by atoms with Crippen molar-refractivity contribution in [2.24, 2.45) is 0 Å². The van der Waals surface area contributed by atoms with E-state index >= 15 is 0 Å². The Morgan fingerprint density at radius 2 is 1.81 bits per heavy atom. The van der Waals surface area contributed by atoms with Gasteiger partial charge < -0.3 is 4.74 Å². The lowest BCUT2D eigenvalue weighted by Gasteiger charge is -2.10. The summed E-state index contributed by atoms with van der Waals surface area (Å²) in [5.41, 5.74) is 3.86. The second-order valence-electron chi connectivity index (χ2n) is 3.88. The van der Waals surface area contributed by atoms with E-state index in [1.807, 2.05) is 24.3 Å². The highest BCUT2D eigenvalue weighted by atomic mass is 16.5. The van der Waals surface area contributed by atoms with E-state index in [0.717, 1.165) is 5.75 Å². The Hall–Kier alpha value is -1.76. The molecule has 1 radical (unpaired) electrons. The van der Waals surface area contributed by atoms with Gasteiger partial charge in [0.05, 0.1) is 0 Å². The first-order valence-corrected chi connectivity index (χ1v) is 5.41. The molecule has 0 saturated heterocycles. The van der Waals surface area contributed by atoms with E-state index in [2.05, 4.69) is 38.1 Å². The molecule has 0 saturated carbocycles. The molecule has 0 N–H and O–H groups in total. The van der Waals surface area contributed by atoms with Crippen LogP contribution in [0.4, 0.5) is 0 Å². The summed E-state index contributed by atoms with van der Waals surface area (Å²) in [4.78, 5) is 0. The molecule has 0 aliphatic carbocycles. The first-order valence-electron chi connectivity index (χ1n) is 5.41. The molecule has 0 fully saturated rings. The van der Waals surface area contributed by atoms with Gasteiger partial charge in [0.2, 0.25) is 0 Å². The predicted octanol–water partition coefficient (Wildman–Crippen LogP) is 3.68. The van der Waals surface area contributed by atoms with E-state index in [1.165, 1.54) is 16.7 Å². The molecule has 0 bridgehead atoms. The first kappa shape index (κ1) is 10.7. The molecule has 0 atom stereocenters. The normalized spacial score (nSPS) is 10.1. The van der Waals surface area contributed by atoms with Gasteiger partial charge in [-0.1, -0.05) is 30.3 Å². The van der Waals surface area contributed by atoms with Gasteiger partial charge in [0.1, 0.15) is 12.4 Å². The Morgan fingerprint density at radius 3 is 2.56 bits per heavy atom. The summed E-state index contributed by atoms with van der Waals surface area (Å²) in [6.07, 6.45) is 0. The first-order chi connectivity index (χ1) is 7.77. The zero-order chi connectivity index (χ0) is 11.4. The van der Waals surface area contributed by atoms with Gasteiger partial charge >= 0.3 is 0 Å². The lowest BCUT2D eigenvalue weighted by atomic mass is 10.0. The van der Waals surface area contributed by atoms with Gasteiger partial charge in [-0.15, -0.1) is 0 Å². The number of hydrogen-bond acceptors (Lipinski definition) is 1. The van der Waals surface area contributed by atoms with Crippen LogP contribution in [0, 0.1) is 19.9 Å². The van der Waals surface area contributed by atoms with Crippen LogP contribution in [0.1, 0.15) is 16.7 Å². The van der Waals surface area contributed by atoms with Crippen molar-refractivity contribution in [3.8, 4) is 5.75 Å². The smallest absolute Gasteiger partial charge is 0.119 e. The average Bonchev–Trinajstić information content (AvgIpc) is 2.32. The second-order valence-corrected chi connectivity index (χ2v) is 3.88. The molecule has 0 heterocycles. The number of hydrogen-bond donors (Lipinski definition) is 0.